The Morgan fingerprint density at radius 1 is 1.00 bits per heavy atom. The first-order valence-corrected chi connectivity index (χ1v) is 11.6. The second-order valence-corrected chi connectivity index (χ2v) is 9.54. The Morgan fingerprint density at radius 3 is 2.57 bits per heavy atom. The molecular weight excluding hydrogens is 398 g/mol. The number of aromatic nitrogens is 3. The van der Waals surface area contributed by atoms with Crippen molar-refractivity contribution in [3.63, 3.8) is 0 Å². The number of nitrogens with zero attached hydrogens (tertiary/aromatic N) is 4. The largest absolute Gasteiger partial charge is 0.313 e. The van der Waals surface area contributed by atoms with Crippen LogP contribution in [0.1, 0.15) is 28.3 Å². The van der Waals surface area contributed by atoms with Crippen LogP contribution in [0.3, 0.4) is 0 Å². The first-order valence-electron chi connectivity index (χ1n) is 10.2. The third-order valence-electron chi connectivity index (χ3n) is 5.56. The van der Waals surface area contributed by atoms with Gasteiger partial charge in [-0.15, -0.1) is 10.2 Å². The van der Waals surface area contributed by atoms with Gasteiger partial charge >= 0.3 is 0 Å². The normalized spacial score (nSPS) is 15.0. The fourth-order valence-electron chi connectivity index (χ4n) is 3.82. The molecule has 158 valence electrons. The van der Waals surface area contributed by atoms with Crippen LogP contribution in [-0.4, -0.2) is 41.2 Å². The molecule has 2 aromatic carbocycles. The molecule has 0 saturated carbocycles. The standard InChI is InChI=1S/C22H27N5O2S/c1-17-8-9-19(18(2)14-17)16-26-11-10-21-24-25-22(27(21)13-12-26)15-23-30(28,29)20-6-4-3-5-7-20/h3-9,14,23H,10-13,15-16H2,1-2H3. The number of aryl methyl sites for hydroxylation is 2. The van der Waals surface area contributed by atoms with E-state index < -0.39 is 10.0 Å². The molecule has 8 heteroatoms. The fourth-order valence-corrected chi connectivity index (χ4v) is 4.82. The highest BCUT2D eigenvalue weighted by Gasteiger charge is 2.21. The third kappa shape index (κ3) is 4.61. The molecule has 0 bridgehead atoms. The van der Waals surface area contributed by atoms with Gasteiger partial charge in [0.15, 0.2) is 0 Å². The van der Waals surface area contributed by atoms with E-state index in [2.05, 4.69) is 56.4 Å². The molecule has 1 aliphatic rings. The summed E-state index contributed by atoms with van der Waals surface area (Å²) in [6.07, 6.45) is 0.795. The minimum absolute atomic E-state index is 0.126. The number of benzene rings is 2. The van der Waals surface area contributed by atoms with Crippen LogP contribution in [0.5, 0.6) is 0 Å². The van der Waals surface area contributed by atoms with E-state index >= 15 is 0 Å². The summed E-state index contributed by atoms with van der Waals surface area (Å²) >= 11 is 0. The summed E-state index contributed by atoms with van der Waals surface area (Å²) in [5.41, 5.74) is 3.93. The fraction of sp³-hybridized carbons (Fsp3) is 0.364. The zero-order valence-electron chi connectivity index (χ0n) is 17.4. The Morgan fingerprint density at radius 2 is 1.80 bits per heavy atom. The van der Waals surface area contributed by atoms with Crippen LogP contribution in [0.2, 0.25) is 0 Å². The van der Waals surface area contributed by atoms with Crippen LogP contribution >= 0.6 is 0 Å². The van der Waals surface area contributed by atoms with Crippen molar-refractivity contribution >= 4 is 10.0 Å². The predicted octanol–water partition coefficient (Wildman–Crippen LogP) is 2.43. The molecule has 0 fully saturated rings. The lowest BCUT2D eigenvalue weighted by Gasteiger charge is -2.21. The van der Waals surface area contributed by atoms with Gasteiger partial charge in [0.25, 0.3) is 0 Å². The number of hydrogen-bond acceptors (Lipinski definition) is 5. The van der Waals surface area contributed by atoms with Gasteiger partial charge in [-0.05, 0) is 37.1 Å². The molecule has 1 aromatic heterocycles. The van der Waals surface area contributed by atoms with E-state index in [0.717, 1.165) is 38.4 Å². The van der Waals surface area contributed by atoms with Gasteiger partial charge in [0, 0.05) is 32.6 Å². The zero-order valence-corrected chi connectivity index (χ0v) is 18.2. The molecule has 0 radical (unpaired) electrons. The van der Waals surface area contributed by atoms with Crippen LogP contribution in [0.4, 0.5) is 0 Å². The predicted molar refractivity (Wildman–Crippen MR) is 115 cm³/mol. The third-order valence-corrected chi connectivity index (χ3v) is 6.98. The highest BCUT2D eigenvalue weighted by Crippen LogP contribution is 2.16. The van der Waals surface area contributed by atoms with E-state index in [9.17, 15) is 8.42 Å². The summed E-state index contributed by atoms with van der Waals surface area (Å²) in [4.78, 5) is 2.67. The Balaban J connectivity index is 1.42. The molecule has 7 nitrogen and oxygen atoms in total. The maximum Gasteiger partial charge on any atom is 0.240 e. The average molecular weight is 426 g/mol. The van der Waals surface area contributed by atoms with Crippen molar-refractivity contribution in [3.8, 4) is 0 Å². The van der Waals surface area contributed by atoms with Gasteiger partial charge in [0.05, 0.1) is 11.4 Å². The monoisotopic (exact) mass is 425 g/mol. The molecule has 0 aliphatic carbocycles. The van der Waals surface area contributed by atoms with Gasteiger partial charge in [-0.2, -0.15) is 0 Å². The SMILES string of the molecule is Cc1ccc(CN2CCc3nnc(CNS(=O)(=O)c4ccccc4)n3CC2)c(C)c1. The van der Waals surface area contributed by atoms with Crippen LogP contribution < -0.4 is 4.72 Å². The Bertz CT molecular complexity index is 1130. The molecule has 3 aromatic rings. The van der Waals surface area contributed by atoms with Crippen molar-refractivity contribution in [2.75, 3.05) is 13.1 Å². The van der Waals surface area contributed by atoms with E-state index in [0.29, 0.717) is 5.82 Å². The Labute approximate surface area is 177 Å². The smallest absolute Gasteiger partial charge is 0.240 e. The van der Waals surface area contributed by atoms with E-state index in [4.69, 9.17) is 0 Å². The Kier molecular flexibility index (Phi) is 5.99. The molecule has 0 atom stereocenters. The highest BCUT2D eigenvalue weighted by atomic mass is 32.2. The van der Waals surface area contributed by atoms with Gasteiger partial charge in [0.2, 0.25) is 10.0 Å². The van der Waals surface area contributed by atoms with Crippen LogP contribution in [0.15, 0.2) is 53.4 Å². The topological polar surface area (TPSA) is 80.1 Å². The van der Waals surface area contributed by atoms with Crippen molar-refractivity contribution in [2.24, 2.45) is 0 Å². The lowest BCUT2D eigenvalue weighted by Crippen LogP contribution is -2.28. The van der Waals surface area contributed by atoms with E-state index in [1.165, 1.54) is 16.7 Å². The van der Waals surface area contributed by atoms with Gasteiger partial charge in [-0.3, -0.25) is 4.90 Å². The summed E-state index contributed by atoms with van der Waals surface area (Å²) in [7, 11) is -3.57. The molecule has 0 unspecified atom stereocenters. The van der Waals surface area contributed by atoms with Crippen LogP contribution in [-0.2, 0) is 36.1 Å². The van der Waals surface area contributed by atoms with Crippen LogP contribution in [0.25, 0.3) is 0 Å². The molecule has 0 amide bonds. The second-order valence-electron chi connectivity index (χ2n) is 7.78. The molecule has 4 rings (SSSR count). The number of sulfonamides is 1. The van der Waals surface area contributed by atoms with E-state index in [-0.39, 0.29) is 11.4 Å². The zero-order chi connectivity index (χ0) is 21.1. The van der Waals surface area contributed by atoms with Crippen molar-refractivity contribution in [1.29, 1.82) is 0 Å². The lowest BCUT2D eigenvalue weighted by molar-refractivity contribution is 0.269. The summed E-state index contributed by atoms with van der Waals surface area (Å²) in [5.74, 6) is 1.56. The molecule has 1 aliphatic heterocycles. The number of nitrogens with one attached hydrogen (secondary N) is 1. The van der Waals surface area contributed by atoms with Crippen molar-refractivity contribution in [3.05, 3.63) is 76.9 Å². The summed E-state index contributed by atoms with van der Waals surface area (Å²) in [6.45, 7) is 7.82. The molecule has 30 heavy (non-hydrogen) atoms. The minimum Gasteiger partial charge on any atom is -0.313 e. The lowest BCUT2D eigenvalue weighted by atomic mass is 10.1. The van der Waals surface area contributed by atoms with E-state index in [1.54, 1.807) is 30.3 Å². The van der Waals surface area contributed by atoms with Gasteiger partial charge in [-0.1, -0.05) is 42.0 Å². The minimum atomic E-state index is -3.57. The van der Waals surface area contributed by atoms with E-state index in [1.807, 2.05) is 0 Å². The number of fused-ring (bicyclic) bond motifs is 1. The van der Waals surface area contributed by atoms with Gasteiger partial charge < -0.3 is 4.57 Å². The molecule has 1 N–H and O–H groups in total. The van der Waals surface area contributed by atoms with Crippen molar-refractivity contribution in [1.82, 2.24) is 24.4 Å². The van der Waals surface area contributed by atoms with Crippen LogP contribution in [0, 0.1) is 13.8 Å². The first-order chi connectivity index (χ1) is 14.4. The quantitative estimate of drug-likeness (QED) is 0.656. The first kappa shape index (κ1) is 20.7. The molecule has 0 saturated heterocycles. The number of hydrogen-bond donors (Lipinski definition) is 1. The molecular formula is C22H27N5O2S. The molecule has 2 heterocycles. The highest BCUT2D eigenvalue weighted by molar-refractivity contribution is 7.89. The van der Waals surface area contributed by atoms with Crippen molar-refractivity contribution in [2.45, 2.75) is 44.8 Å². The average Bonchev–Trinajstić information content (AvgIpc) is 3.01. The van der Waals surface area contributed by atoms with Gasteiger partial charge in [-0.25, -0.2) is 13.1 Å². The van der Waals surface area contributed by atoms with Gasteiger partial charge in [0.1, 0.15) is 11.6 Å². The maximum atomic E-state index is 12.5. The summed E-state index contributed by atoms with van der Waals surface area (Å²) in [5, 5.41) is 8.55. The summed E-state index contributed by atoms with van der Waals surface area (Å²) in [6, 6.07) is 15.0. The Hall–Kier alpha value is -2.55. The number of rotatable bonds is 6. The van der Waals surface area contributed by atoms with Crippen molar-refractivity contribution < 1.29 is 8.42 Å². The second kappa shape index (κ2) is 8.67. The summed E-state index contributed by atoms with van der Waals surface area (Å²) < 4.78 is 29.7. The maximum absolute atomic E-state index is 12.5. The molecule has 0 spiro atoms.